The Hall–Kier alpha value is -2.84. The molecule has 0 aliphatic carbocycles. The fourth-order valence-corrected chi connectivity index (χ4v) is 4.80. The molecule has 0 radical (unpaired) electrons. The summed E-state index contributed by atoms with van der Waals surface area (Å²) in [4.78, 5) is 16.4. The van der Waals surface area contributed by atoms with Crippen molar-refractivity contribution in [2.75, 3.05) is 32.8 Å². The van der Waals surface area contributed by atoms with Crippen LogP contribution in [0.2, 0.25) is 0 Å². The van der Waals surface area contributed by atoms with E-state index in [-0.39, 0.29) is 17.6 Å². The molecular weight excluding hydrogens is 402 g/mol. The highest BCUT2D eigenvalue weighted by Crippen LogP contribution is 2.34. The summed E-state index contributed by atoms with van der Waals surface area (Å²) < 4.78 is 16.6. The normalized spacial score (nSPS) is 17.1. The van der Waals surface area contributed by atoms with E-state index in [2.05, 4.69) is 32.9 Å². The second kappa shape index (κ2) is 8.49. The Labute approximate surface area is 178 Å². The zero-order chi connectivity index (χ0) is 20.3. The zero-order valence-electron chi connectivity index (χ0n) is 16.5. The van der Waals surface area contributed by atoms with E-state index < -0.39 is 0 Å². The number of benzene rings is 1. The smallest absolute Gasteiger partial charge is 0.273 e. The summed E-state index contributed by atoms with van der Waals surface area (Å²) in [5.41, 5.74) is 1.06. The molecule has 156 valence electrons. The minimum absolute atomic E-state index is 0.195. The van der Waals surface area contributed by atoms with E-state index in [0.29, 0.717) is 37.0 Å². The van der Waals surface area contributed by atoms with Gasteiger partial charge in [0, 0.05) is 23.1 Å². The van der Waals surface area contributed by atoms with Gasteiger partial charge >= 0.3 is 0 Å². The van der Waals surface area contributed by atoms with Crippen molar-refractivity contribution in [2.24, 2.45) is 0 Å². The molecule has 1 unspecified atom stereocenters. The lowest BCUT2D eigenvalue weighted by Gasteiger charge is -2.26. The molecule has 30 heavy (non-hydrogen) atoms. The van der Waals surface area contributed by atoms with Gasteiger partial charge in [0.1, 0.15) is 13.2 Å². The largest absolute Gasteiger partial charge is 0.486 e. The lowest BCUT2D eigenvalue weighted by Crippen LogP contribution is -2.36. The number of likely N-dealkylation sites (tertiary alicyclic amines) is 1. The number of fused-ring (bicyclic) bond motifs is 1. The van der Waals surface area contributed by atoms with Gasteiger partial charge in [0.25, 0.3) is 5.91 Å². The third-order valence-corrected chi connectivity index (χ3v) is 6.45. The van der Waals surface area contributed by atoms with Crippen molar-refractivity contribution in [2.45, 2.75) is 18.9 Å². The first-order chi connectivity index (χ1) is 14.8. The number of nitrogens with zero attached hydrogens (tertiary/aromatic N) is 2. The Morgan fingerprint density at radius 2 is 1.97 bits per heavy atom. The summed E-state index contributed by atoms with van der Waals surface area (Å²) in [6.45, 7) is 3.74. The molecule has 5 rings (SSSR count). The maximum atomic E-state index is 12.7. The number of carbonyl (C=O) groups excluding carboxylic acids is 1. The highest BCUT2D eigenvalue weighted by Gasteiger charge is 2.25. The van der Waals surface area contributed by atoms with Gasteiger partial charge < -0.3 is 19.3 Å². The molecule has 2 aromatic heterocycles. The van der Waals surface area contributed by atoms with Crippen LogP contribution in [-0.4, -0.2) is 48.8 Å². The number of carbonyl (C=O) groups is 1. The Balaban J connectivity index is 1.27. The predicted octanol–water partition coefficient (Wildman–Crippen LogP) is 3.74. The standard InChI is InChI=1S/C22H23N3O4S/c26-22(23-14-17(21-4-3-11-30-21)25-7-1-2-8-25)16-13-19(29-24-16)15-5-6-18-20(12-15)28-10-9-27-18/h3-6,11-13,17H,1-2,7-10,14H2,(H,23,26). The number of hydrogen-bond acceptors (Lipinski definition) is 7. The Bertz CT molecular complexity index is 1010. The summed E-state index contributed by atoms with van der Waals surface area (Å²) in [7, 11) is 0. The number of aromatic nitrogens is 1. The number of thiophene rings is 1. The summed E-state index contributed by atoms with van der Waals surface area (Å²) in [5.74, 6) is 1.67. The average Bonchev–Trinajstić information content (AvgIpc) is 3.56. The molecule has 7 nitrogen and oxygen atoms in total. The average molecular weight is 426 g/mol. The van der Waals surface area contributed by atoms with Crippen molar-refractivity contribution in [1.29, 1.82) is 0 Å². The topological polar surface area (TPSA) is 76.8 Å². The van der Waals surface area contributed by atoms with Crippen LogP contribution < -0.4 is 14.8 Å². The Kier molecular flexibility index (Phi) is 5.42. The van der Waals surface area contributed by atoms with Crippen molar-refractivity contribution in [3.63, 3.8) is 0 Å². The second-order valence-corrected chi connectivity index (χ2v) is 8.40. The van der Waals surface area contributed by atoms with Gasteiger partial charge in [-0.15, -0.1) is 11.3 Å². The molecule has 1 aromatic carbocycles. The minimum atomic E-state index is -0.233. The van der Waals surface area contributed by atoms with Gasteiger partial charge in [-0.05, 0) is 55.6 Å². The molecule has 4 heterocycles. The highest BCUT2D eigenvalue weighted by molar-refractivity contribution is 7.10. The molecule has 1 amide bonds. The lowest BCUT2D eigenvalue weighted by atomic mass is 10.1. The monoisotopic (exact) mass is 425 g/mol. The van der Waals surface area contributed by atoms with Gasteiger partial charge in [0.2, 0.25) is 0 Å². The van der Waals surface area contributed by atoms with Crippen LogP contribution in [0.3, 0.4) is 0 Å². The molecule has 0 spiro atoms. The first-order valence-electron chi connectivity index (χ1n) is 10.2. The molecule has 8 heteroatoms. The Morgan fingerprint density at radius 1 is 1.13 bits per heavy atom. The van der Waals surface area contributed by atoms with Crippen LogP contribution in [-0.2, 0) is 0 Å². The van der Waals surface area contributed by atoms with Gasteiger partial charge in [-0.3, -0.25) is 9.69 Å². The van der Waals surface area contributed by atoms with Crippen molar-refractivity contribution >= 4 is 17.2 Å². The van der Waals surface area contributed by atoms with E-state index in [1.807, 2.05) is 18.2 Å². The number of rotatable bonds is 6. The first kappa shape index (κ1) is 19.1. The fraction of sp³-hybridized carbons (Fsp3) is 0.364. The number of amides is 1. The highest BCUT2D eigenvalue weighted by atomic mass is 32.1. The van der Waals surface area contributed by atoms with E-state index >= 15 is 0 Å². The van der Waals surface area contributed by atoms with Gasteiger partial charge in [-0.2, -0.15) is 0 Å². The molecule has 0 saturated carbocycles. The Morgan fingerprint density at radius 3 is 2.77 bits per heavy atom. The molecule has 1 N–H and O–H groups in total. The fourth-order valence-electron chi connectivity index (χ4n) is 3.94. The molecule has 2 aliphatic rings. The molecule has 1 atom stereocenters. The summed E-state index contributed by atoms with van der Waals surface area (Å²) in [5, 5.41) is 9.09. The molecule has 1 fully saturated rings. The summed E-state index contributed by atoms with van der Waals surface area (Å²) in [6, 6.07) is 11.6. The molecular formula is C22H23N3O4S. The quantitative estimate of drug-likeness (QED) is 0.648. The lowest BCUT2D eigenvalue weighted by molar-refractivity contribution is 0.0929. The minimum Gasteiger partial charge on any atom is -0.486 e. The van der Waals surface area contributed by atoms with Crippen molar-refractivity contribution in [1.82, 2.24) is 15.4 Å². The first-order valence-corrected chi connectivity index (χ1v) is 11.1. The number of nitrogens with one attached hydrogen (secondary N) is 1. The van der Waals surface area contributed by atoms with Crippen LogP contribution in [0, 0.1) is 0 Å². The van der Waals surface area contributed by atoms with E-state index in [0.717, 1.165) is 18.7 Å². The van der Waals surface area contributed by atoms with Crippen molar-refractivity contribution in [3.8, 4) is 22.8 Å². The van der Waals surface area contributed by atoms with Crippen molar-refractivity contribution < 1.29 is 18.8 Å². The van der Waals surface area contributed by atoms with Gasteiger partial charge in [0.05, 0.1) is 6.04 Å². The van der Waals surface area contributed by atoms with Gasteiger partial charge in [0.15, 0.2) is 23.0 Å². The van der Waals surface area contributed by atoms with E-state index in [9.17, 15) is 4.79 Å². The molecule has 3 aromatic rings. The van der Waals surface area contributed by atoms with Crippen LogP contribution >= 0.6 is 11.3 Å². The zero-order valence-corrected chi connectivity index (χ0v) is 17.3. The maximum absolute atomic E-state index is 12.7. The third kappa shape index (κ3) is 3.93. The second-order valence-electron chi connectivity index (χ2n) is 7.42. The summed E-state index contributed by atoms with van der Waals surface area (Å²) >= 11 is 1.73. The molecule has 1 saturated heterocycles. The van der Waals surface area contributed by atoms with Gasteiger partial charge in [-0.1, -0.05) is 11.2 Å². The van der Waals surface area contributed by atoms with Gasteiger partial charge in [-0.25, -0.2) is 0 Å². The summed E-state index contributed by atoms with van der Waals surface area (Å²) in [6.07, 6.45) is 2.41. The molecule has 2 aliphatic heterocycles. The maximum Gasteiger partial charge on any atom is 0.273 e. The van der Waals surface area contributed by atoms with Crippen LogP contribution in [0.25, 0.3) is 11.3 Å². The number of ether oxygens (including phenoxy) is 2. The van der Waals surface area contributed by atoms with E-state index in [1.165, 1.54) is 17.7 Å². The van der Waals surface area contributed by atoms with E-state index in [4.69, 9.17) is 14.0 Å². The van der Waals surface area contributed by atoms with Crippen LogP contribution in [0.15, 0.2) is 46.3 Å². The van der Waals surface area contributed by atoms with Crippen LogP contribution in [0.4, 0.5) is 0 Å². The van der Waals surface area contributed by atoms with Crippen LogP contribution in [0.1, 0.15) is 34.2 Å². The van der Waals surface area contributed by atoms with Crippen molar-refractivity contribution in [3.05, 3.63) is 52.3 Å². The third-order valence-electron chi connectivity index (χ3n) is 5.48. The van der Waals surface area contributed by atoms with E-state index in [1.54, 1.807) is 17.4 Å². The number of hydrogen-bond donors (Lipinski definition) is 1. The molecule has 0 bridgehead atoms. The SMILES string of the molecule is O=C(NCC(c1cccs1)N1CCCC1)c1cc(-c2ccc3c(c2)OCCO3)on1. The predicted molar refractivity (Wildman–Crippen MR) is 113 cm³/mol. The van der Waals surface area contributed by atoms with Crippen LogP contribution in [0.5, 0.6) is 11.5 Å².